The van der Waals surface area contributed by atoms with E-state index in [1.165, 1.54) is 0 Å². The highest BCUT2D eigenvalue weighted by Gasteiger charge is 2.06. The molecular formula is C17H13NO2. The predicted octanol–water partition coefficient (Wildman–Crippen LogP) is 3.51. The van der Waals surface area contributed by atoms with Crippen molar-refractivity contribution in [1.29, 1.82) is 5.26 Å². The van der Waals surface area contributed by atoms with Gasteiger partial charge in [-0.15, -0.1) is 0 Å². The second-order valence-corrected chi connectivity index (χ2v) is 4.63. The van der Waals surface area contributed by atoms with Gasteiger partial charge in [0, 0.05) is 11.8 Å². The second-order valence-electron chi connectivity index (χ2n) is 4.63. The molecule has 0 aliphatic heterocycles. The largest absolute Gasteiger partial charge is 0.461 e. The van der Waals surface area contributed by atoms with E-state index in [2.05, 4.69) is 6.07 Å². The molecule has 1 N–H and O–H groups in total. The third-order valence-corrected chi connectivity index (χ3v) is 3.25. The van der Waals surface area contributed by atoms with Crippen molar-refractivity contribution in [1.82, 2.24) is 0 Å². The van der Waals surface area contributed by atoms with Crippen LogP contribution in [0, 0.1) is 11.3 Å². The van der Waals surface area contributed by atoms with Crippen LogP contribution in [0.1, 0.15) is 11.3 Å². The minimum Gasteiger partial charge on any atom is -0.461 e. The lowest BCUT2D eigenvalue weighted by atomic mass is 10.0. The van der Waals surface area contributed by atoms with Crippen LogP contribution in [-0.2, 0) is 6.42 Å². The molecule has 20 heavy (non-hydrogen) atoms. The molecule has 3 heteroatoms. The smallest absolute Gasteiger partial charge is 0.134 e. The Hall–Kier alpha value is -2.57. The van der Waals surface area contributed by atoms with Crippen LogP contribution in [-0.4, -0.2) is 11.7 Å². The van der Waals surface area contributed by atoms with Crippen molar-refractivity contribution in [2.24, 2.45) is 0 Å². The summed E-state index contributed by atoms with van der Waals surface area (Å²) in [5, 5.41) is 18.9. The van der Waals surface area contributed by atoms with Crippen LogP contribution in [0.4, 0.5) is 0 Å². The first-order chi connectivity index (χ1) is 9.80. The van der Waals surface area contributed by atoms with Crippen molar-refractivity contribution in [3.8, 4) is 17.2 Å². The van der Waals surface area contributed by atoms with Gasteiger partial charge in [0.15, 0.2) is 0 Å². The molecule has 1 aromatic heterocycles. The van der Waals surface area contributed by atoms with Crippen LogP contribution >= 0.6 is 0 Å². The van der Waals surface area contributed by atoms with Gasteiger partial charge in [-0.05, 0) is 41.5 Å². The van der Waals surface area contributed by atoms with E-state index in [0.29, 0.717) is 12.0 Å². The summed E-state index contributed by atoms with van der Waals surface area (Å²) < 4.78 is 5.63. The van der Waals surface area contributed by atoms with Gasteiger partial charge in [0.25, 0.3) is 0 Å². The Morgan fingerprint density at radius 1 is 1.05 bits per heavy atom. The molecule has 3 nitrogen and oxygen atoms in total. The maximum absolute atomic E-state index is 8.95. The van der Waals surface area contributed by atoms with Crippen LogP contribution in [0.5, 0.6) is 0 Å². The van der Waals surface area contributed by atoms with Gasteiger partial charge < -0.3 is 9.52 Å². The zero-order valence-electron chi connectivity index (χ0n) is 10.8. The normalized spacial score (nSPS) is 10.6. The number of aliphatic hydroxyl groups excluding tert-OH is 1. The van der Waals surface area contributed by atoms with Crippen molar-refractivity contribution in [2.75, 3.05) is 6.61 Å². The number of fused-ring (bicyclic) bond motifs is 1. The molecule has 0 fully saturated rings. The predicted molar refractivity (Wildman–Crippen MR) is 77.2 cm³/mol. The third-order valence-electron chi connectivity index (χ3n) is 3.25. The molecule has 0 saturated heterocycles. The van der Waals surface area contributed by atoms with Gasteiger partial charge in [-0.25, -0.2) is 0 Å². The molecule has 0 radical (unpaired) electrons. The zero-order chi connectivity index (χ0) is 13.9. The van der Waals surface area contributed by atoms with Crippen LogP contribution in [0.15, 0.2) is 52.9 Å². The summed E-state index contributed by atoms with van der Waals surface area (Å²) in [6.45, 7) is 0.0803. The van der Waals surface area contributed by atoms with E-state index in [1.54, 1.807) is 6.07 Å². The van der Waals surface area contributed by atoms with Gasteiger partial charge >= 0.3 is 0 Å². The van der Waals surface area contributed by atoms with Crippen molar-refractivity contribution < 1.29 is 9.52 Å². The van der Waals surface area contributed by atoms with E-state index >= 15 is 0 Å². The van der Waals surface area contributed by atoms with Crippen molar-refractivity contribution in [3.63, 3.8) is 0 Å². The SMILES string of the molecule is N#Cc1cccc(-c2ccc3oc(CCO)cc3c2)c1. The molecule has 3 aromatic rings. The van der Waals surface area contributed by atoms with Gasteiger partial charge in [0.05, 0.1) is 18.2 Å². The number of rotatable bonds is 3. The summed E-state index contributed by atoms with van der Waals surface area (Å²) in [5.41, 5.74) is 3.52. The van der Waals surface area contributed by atoms with Crippen LogP contribution < -0.4 is 0 Å². The average Bonchev–Trinajstić information content (AvgIpc) is 2.89. The number of nitriles is 1. The molecule has 3 rings (SSSR count). The fraction of sp³-hybridized carbons (Fsp3) is 0.118. The average molecular weight is 263 g/mol. The Morgan fingerprint density at radius 2 is 1.90 bits per heavy atom. The van der Waals surface area contributed by atoms with Crippen LogP contribution in [0.25, 0.3) is 22.1 Å². The van der Waals surface area contributed by atoms with Crippen molar-refractivity contribution >= 4 is 11.0 Å². The Bertz CT molecular complexity index is 796. The summed E-state index contributed by atoms with van der Waals surface area (Å²) >= 11 is 0. The lowest BCUT2D eigenvalue weighted by Gasteiger charge is -2.01. The highest BCUT2D eigenvalue weighted by Crippen LogP contribution is 2.27. The molecule has 0 unspecified atom stereocenters. The molecule has 0 amide bonds. The maximum Gasteiger partial charge on any atom is 0.134 e. The number of hydrogen-bond acceptors (Lipinski definition) is 3. The fourth-order valence-corrected chi connectivity index (χ4v) is 2.28. The van der Waals surface area contributed by atoms with E-state index in [9.17, 15) is 0 Å². The van der Waals surface area contributed by atoms with E-state index in [0.717, 1.165) is 27.9 Å². The van der Waals surface area contributed by atoms with Crippen molar-refractivity contribution in [2.45, 2.75) is 6.42 Å². The lowest BCUT2D eigenvalue weighted by molar-refractivity contribution is 0.289. The fourth-order valence-electron chi connectivity index (χ4n) is 2.28. The molecule has 0 saturated carbocycles. The summed E-state index contributed by atoms with van der Waals surface area (Å²) in [5.74, 6) is 0.783. The minimum atomic E-state index is 0.0803. The first kappa shape index (κ1) is 12.5. The zero-order valence-corrected chi connectivity index (χ0v) is 10.8. The number of benzene rings is 2. The monoisotopic (exact) mass is 263 g/mol. The molecule has 2 aromatic carbocycles. The van der Waals surface area contributed by atoms with E-state index in [4.69, 9.17) is 14.8 Å². The first-order valence-corrected chi connectivity index (χ1v) is 6.44. The Morgan fingerprint density at radius 3 is 2.70 bits per heavy atom. The number of nitrogens with zero attached hydrogens (tertiary/aromatic N) is 1. The highest BCUT2D eigenvalue weighted by molar-refractivity contribution is 5.84. The van der Waals surface area contributed by atoms with Gasteiger partial charge in [0.2, 0.25) is 0 Å². The Balaban J connectivity index is 2.05. The molecule has 0 spiro atoms. The molecular weight excluding hydrogens is 250 g/mol. The molecule has 0 atom stereocenters. The topological polar surface area (TPSA) is 57.2 Å². The third kappa shape index (κ3) is 2.29. The van der Waals surface area contributed by atoms with Gasteiger partial charge in [-0.3, -0.25) is 0 Å². The lowest BCUT2D eigenvalue weighted by Crippen LogP contribution is -1.85. The van der Waals surface area contributed by atoms with E-state index in [1.807, 2.05) is 42.5 Å². The number of hydrogen-bond donors (Lipinski definition) is 1. The number of aliphatic hydroxyl groups is 1. The van der Waals surface area contributed by atoms with Crippen LogP contribution in [0.3, 0.4) is 0 Å². The molecule has 0 aliphatic carbocycles. The first-order valence-electron chi connectivity index (χ1n) is 6.44. The van der Waals surface area contributed by atoms with Gasteiger partial charge in [-0.1, -0.05) is 18.2 Å². The standard InChI is InChI=1S/C17H13NO2/c18-11-12-2-1-3-13(8-12)14-4-5-17-15(9-14)10-16(20-17)6-7-19/h1-5,8-10,19H,6-7H2. The quantitative estimate of drug-likeness (QED) is 0.786. The highest BCUT2D eigenvalue weighted by atomic mass is 16.3. The summed E-state index contributed by atoms with van der Waals surface area (Å²) in [6, 6.07) is 17.6. The van der Waals surface area contributed by atoms with Crippen molar-refractivity contribution in [3.05, 3.63) is 59.9 Å². The number of furan rings is 1. The maximum atomic E-state index is 8.95. The second kappa shape index (κ2) is 5.20. The molecule has 0 bridgehead atoms. The summed E-state index contributed by atoms with van der Waals surface area (Å²) in [7, 11) is 0. The summed E-state index contributed by atoms with van der Waals surface area (Å²) in [4.78, 5) is 0. The van der Waals surface area contributed by atoms with E-state index in [-0.39, 0.29) is 6.61 Å². The summed E-state index contributed by atoms with van der Waals surface area (Å²) in [6.07, 6.45) is 0.522. The van der Waals surface area contributed by atoms with E-state index < -0.39 is 0 Å². The Kier molecular flexibility index (Phi) is 3.24. The Labute approximate surface area is 116 Å². The van der Waals surface area contributed by atoms with Crippen LogP contribution in [0.2, 0.25) is 0 Å². The van der Waals surface area contributed by atoms with Gasteiger partial charge in [-0.2, -0.15) is 5.26 Å². The molecule has 1 heterocycles. The van der Waals surface area contributed by atoms with Gasteiger partial charge in [0.1, 0.15) is 11.3 Å². The molecule has 0 aliphatic rings. The minimum absolute atomic E-state index is 0.0803. The molecule has 98 valence electrons.